The molecular weight excluding hydrogens is 420 g/mol. The van der Waals surface area contributed by atoms with Crippen LogP contribution in [0.1, 0.15) is 37.5 Å². The molecule has 0 fully saturated rings. The maximum Gasteiger partial charge on any atom is 0.258 e. The Morgan fingerprint density at radius 1 is 1.07 bits per heavy atom. The highest BCUT2D eigenvalue weighted by molar-refractivity contribution is 9.10. The fraction of sp³-hybridized carbons (Fsp3) is 0.409. The molecule has 2 N–H and O–H groups in total. The summed E-state index contributed by atoms with van der Waals surface area (Å²) in [5.41, 5.74) is 3.25. The number of benzene rings is 2. The Hall–Kier alpha value is -2.05. The number of ether oxygens (including phenoxy) is 2. The lowest BCUT2D eigenvalue weighted by molar-refractivity contribution is -0.124. The van der Waals surface area contributed by atoms with E-state index in [1.807, 2.05) is 32.9 Å². The number of carbonyl (C=O) groups is 1. The molecule has 0 radical (unpaired) electrons. The molecule has 6 heteroatoms. The Balaban J connectivity index is 1.97. The zero-order chi connectivity index (χ0) is 20.7. The highest BCUT2D eigenvalue weighted by Crippen LogP contribution is 2.33. The summed E-state index contributed by atoms with van der Waals surface area (Å²) in [7, 11) is 1.59. The van der Waals surface area contributed by atoms with Crippen molar-refractivity contribution in [3.05, 3.63) is 57.6 Å². The molecule has 0 atom stereocenters. The minimum Gasteiger partial charge on any atom is -0.493 e. The van der Waals surface area contributed by atoms with Crippen LogP contribution in [0.5, 0.6) is 11.5 Å². The van der Waals surface area contributed by atoms with E-state index in [1.54, 1.807) is 7.11 Å². The first-order valence-corrected chi connectivity index (χ1v) is 10.0. The highest BCUT2D eigenvalue weighted by atomic mass is 79.9. The Morgan fingerprint density at radius 2 is 1.75 bits per heavy atom. The van der Waals surface area contributed by atoms with Gasteiger partial charge >= 0.3 is 0 Å². The van der Waals surface area contributed by atoms with E-state index in [0.717, 1.165) is 16.6 Å². The summed E-state index contributed by atoms with van der Waals surface area (Å²) in [5.74, 6) is 0.953. The molecule has 28 heavy (non-hydrogen) atoms. The topological polar surface area (TPSA) is 59.6 Å². The van der Waals surface area contributed by atoms with E-state index in [-0.39, 0.29) is 18.1 Å². The summed E-state index contributed by atoms with van der Waals surface area (Å²) in [6.07, 6.45) is 0. The minimum atomic E-state index is -0.294. The van der Waals surface area contributed by atoms with Crippen molar-refractivity contribution in [3.63, 3.8) is 0 Å². The molecule has 0 saturated heterocycles. The van der Waals surface area contributed by atoms with Crippen molar-refractivity contribution in [3.8, 4) is 11.5 Å². The van der Waals surface area contributed by atoms with Crippen LogP contribution in [0.2, 0.25) is 0 Å². The van der Waals surface area contributed by atoms with Crippen LogP contribution in [-0.4, -0.2) is 25.2 Å². The van der Waals surface area contributed by atoms with Gasteiger partial charge in [-0.05, 0) is 51.0 Å². The predicted molar refractivity (Wildman–Crippen MR) is 116 cm³/mol. The third-order valence-electron chi connectivity index (χ3n) is 3.97. The maximum absolute atomic E-state index is 12.0. The second-order valence-corrected chi connectivity index (χ2v) is 8.62. The first-order valence-electron chi connectivity index (χ1n) is 9.24. The number of amides is 1. The lowest BCUT2D eigenvalue weighted by atomic mass is 10.1. The van der Waals surface area contributed by atoms with Gasteiger partial charge in [-0.25, -0.2) is 0 Å². The SMILES string of the molecule is COc1cc(CNCc2ccc(C)cc2)c(Br)cc1OCC(=O)NC(C)(C)C. The number of carbonyl (C=O) groups excluding carboxylic acids is 1. The summed E-state index contributed by atoms with van der Waals surface area (Å²) in [5, 5.41) is 6.31. The van der Waals surface area contributed by atoms with Gasteiger partial charge in [0.2, 0.25) is 0 Å². The van der Waals surface area contributed by atoms with Crippen LogP contribution in [0, 0.1) is 6.92 Å². The number of hydrogen-bond acceptors (Lipinski definition) is 4. The van der Waals surface area contributed by atoms with Crippen molar-refractivity contribution >= 4 is 21.8 Å². The van der Waals surface area contributed by atoms with E-state index >= 15 is 0 Å². The van der Waals surface area contributed by atoms with Gasteiger partial charge in [-0.2, -0.15) is 0 Å². The average molecular weight is 449 g/mol. The van der Waals surface area contributed by atoms with Gasteiger partial charge in [0, 0.05) is 23.1 Å². The molecule has 0 saturated carbocycles. The number of aryl methyl sites for hydroxylation is 1. The Morgan fingerprint density at radius 3 is 2.36 bits per heavy atom. The Kier molecular flexibility index (Phi) is 7.89. The third-order valence-corrected chi connectivity index (χ3v) is 4.71. The van der Waals surface area contributed by atoms with Gasteiger partial charge in [-0.15, -0.1) is 0 Å². The number of rotatable bonds is 8. The number of nitrogens with one attached hydrogen (secondary N) is 2. The van der Waals surface area contributed by atoms with Crippen LogP contribution < -0.4 is 20.1 Å². The maximum atomic E-state index is 12.0. The highest BCUT2D eigenvalue weighted by Gasteiger charge is 2.16. The minimum absolute atomic E-state index is 0.0644. The van der Waals surface area contributed by atoms with E-state index in [0.29, 0.717) is 18.0 Å². The van der Waals surface area contributed by atoms with Gasteiger partial charge in [-0.3, -0.25) is 4.79 Å². The molecular formula is C22H29BrN2O3. The van der Waals surface area contributed by atoms with Gasteiger partial charge in [0.1, 0.15) is 0 Å². The molecule has 2 aromatic carbocycles. The molecule has 152 valence electrons. The summed E-state index contributed by atoms with van der Waals surface area (Å²) >= 11 is 3.59. The van der Waals surface area contributed by atoms with Crippen molar-refractivity contribution in [2.24, 2.45) is 0 Å². The van der Waals surface area contributed by atoms with Crippen LogP contribution in [0.15, 0.2) is 40.9 Å². The number of halogens is 1. The summed E-state index contributed by atoms with van der Waals surface area (Å²) in [4.78, 5) is 12.0. The van der Waals surface area contributed by atoms with Crippen LogP contribution in [0.4, 0.5) is 0 Å². The number of methoxy groups -OCH3 is 1. The molecule has 0 spiro atoms. The third kappa shape index (κ3) is 7.17. The fourth-order valence-electron chi connectivity index (χ4n) is 2.63. The van der Waals surface area contributed by atoms with Gasteiger partial charge < -0.3 is 20.1 Å². The van der Waals surface area contributed by atoms with Gasteiger partial charge in [-0.1, -0.05) is 45.8 Å². The molecule has 0 aliphatic heterocycles. The molecule has 0 aliphatic rings. The van der Waals surface area contributed by atoms with Crippen molar-refractivity contribution in [2.45, 2.75) is 46.3 Å². The predicted octanol–water partition coefficient (Wildman–Crippen LogP) is 4.35. The second kappa shape index (κ2) is 9.94. The van der Waals surface area contributed by atoms with E-state index in [2.05, 4.69) is 57.8 Å². The molecule has 2 aromatic rings. The first kappa shape index (κ1) is 22.2. The average Bonchev–Trinajstić information content (AvgIpc) is 2.61. The smallest absolute Gasteiger partial charge is 0.258 e. The molecule has 0 aliphatic carbocycles. The number of hydrogen-bond donors (Lipinski definition) is 2. The van der Waals surface area contributed by atoms with Crippen molar-refractivity contribution < 1.29 is 14.3 Å². The molecule has 0 heterocycles. The monoisotopic (exact) mass is 448 g/mol. The van der Waals surface area contributed by atoms with Crippen LogP contribution in [0.25, 0.3) is 0 Å². The van der Waals surface area contributed by atoms with Crippen LogP contribution >= 0.6 is 15.9 Å². The molecule has 1 amide bonds. The van der Waals surface area contributed by atoms with Gasteiger partial charge in [0.05, 0.1) is 7.11 Å². The lowest BCUT2D eigenvalue weighted by Gasteiger charge is -2.21. The van der Waals surface area contributed by atoms with Gasteiger partial charge in [0.15, 0.2) is 18.1 Å². The Labute approximate surface area is 175 Å². The first-order chi connectivity index (χ1) is 13.2. The summed E-state index contributed by atoms with van der Waals surface area (Å²) in [6, 6.07) is 12.2. The molecule has 2 rings (SSSR count). The quantitative estimate of drug-likeness (QED) is 0.629. The standard InChI is InChI=1S/C22H29BrN2O3/c1-15-6-8-16(9-7-15)12-24-13-17-10-19(27-5)20(11-18(17)23)28-14-21(26)25-22(2,3)4/h6-11,24H,12-14H2,1-5H3,(H,25,26). The largest absolute Gasteiger partial charge is 0.493 e. The normalized spacial score (nSPS) is 11.2. The molecule has 5 nitrogen and oxygen atoms in total. The Bertz CT molecular complexity index is 799. The lowest BCUT2D eigenvalue weighted by Crippen LogP contribution is -2.43. The second-order valence-electron chi connectivity index (χ2n) is 7.77. The van der Waals surface area contributed by atoms with Gasteiger partial charge in [0.25, 0.3) is 5.91 Å². The van der Waals surface area contributed by atoms with E-state index in [4.69, 9.17) is 9.47 Å². The zero-order valence-corrected chi connectivity index (χ0v) is 18.8. The molecule has 0 bridgehead atoms. The summed E-state index contributed by atoms with van der Waals surface area (Å²) in [6.45, 7) is 9.26. The van der Waals surface area contributed by atoms with Crippen molar-refractivity contribution in [2.75, 3.05) is 13.7 Å². The van der Waals surface area contributed by atoms with Crippen LogP contribution in [0.3, 0.4) is 0 Å². The molecule has 0 unspecified atom stereocenters. The molecule has 0 aromatic heterocycles. The zero-order valence-electron chi connectivity index (χ0n) is 17.2. The van der Waals surface area contributed by atoms with E-state index < -0.39 is 0 Å². The van der Waals surface area contributed by atoms with E-state index in [1.165, 1.54) is 11.1 Å². The van der Waals surface area contributed by atoms with E-state index in [9.17, 15) is 4.79 Å². The van der Waals surface area contributed by atoms with Crippen LogP contribution in [-0.2, 0) is 17.9 Å². The summed E-state index contributed by atoms with van der Waals surface area (Å²) < 4.78 is 12.0. The van der Waals surface area contributed by atoms with Crippen molar-refractivity contribution in [1.29, 1.82) is 0 Å². The fourth-order valence-corrected chi connectivity index (χ4v) is 3.09. The van der Waals surface area contributed by atoms with Crippen molar-refractivity contribution in [1.82, 2.24) is 10.6 Å².